The van der Waals surface area contributed by atoms with Gasteiger partial charge in [-0.2, -0.15) is 4.98 Å². The first-order valence-electron chi connectivity index (χ1n) is 9.60. The first-order chi connectivity index (χ1) is 14.7. The van der Waals surface area contributed by atoms with Crippen LogP contribution in [0.1, 0.15) is 16.2 Å². The number of nitrogens with zero attached hydrogens (tertiary/aromatic N) is 4. The van der Waals surface area contributed by atoms with Crippen LogP contribution in [0.3, 0.4) is 0 Å². The number of benzene rings is 1. The van der Waals surface area contributed by atoms with E-state index in [2.05, 4.69) is 30.5 Å². The van der Waals surface area contributed by atoms with E-state index in [1.54, 1.807) is 24.4 Å². The van der Waals surface area contributed by atoms with Gasteiger partial charge in [0.05, 0.1) is 25.5 Å². The van der Waals surface area contributed by atoms with Gasteiger partial charge in [-0.25, -0.2) is 4.98 Å². The van der Waals surface area contributed by atoms with Crippen LogP contribution in [0.2, 0.25) is 5.02 Å². The number of carbonyl (C=O) groups is 1. The monoisotopic (exact) mass is 424 g/mol. The lowest BCUT2D eigenvalue weighted by atomic mass is 10.3. The molecule has 0 radical (unpaired) electrons. The van der Waals surface area contributed by atoms with E-state index in [9.17, 15) is 4.79 Å². The van der Waals surface area contributed by atoms with E-state index in [0.29, 0.717) is 54.5 Å². The summed E-state index contributed by atoms with van der Waals surface area (Å²) in [6.45, 7) is 2.94. The molecule has 154 valence electrons. The summed E-state index contributed by atoms with van der Waals surface area (Å²) in [6, 6.07) is 14.4. The number of morpholine rings is 1. The Balaban J connectivity index is 1.54. The number of pyridine rings is 1. The molecular formula is C21H21ClN6O2. The standard InChI is InChI=1S/C21H21ClN6O2/c22-15-4-6-16(7-5-15)25-19-13-17(14-24-20(29)18-3-1-2-8-23-18)26-21(27-19)28-9-11-30-12-10-28/h1-8,13H,9-12,14H2,(H,24,29)(H,25,26,27). The van der Waals surface area contributed by atoms with E-state index in [1.165, 1.54) is 0 Å². The quantitative estimate of drug-likeness (QED) is 0.628. The van der Waals surface area contributed by atoms with Gasteiger partial charge in [0, 0.05) is 36.1 Å². The third kappa shape index (κ3) is 5.22. The molecule has 0 bridgehead atoms. The lowest BCUT2D eigenvalue weighted by molar-refractivity contribution is 0.0945. The number of hydrogen-bond donors (Lipinski definition) is 2. The lowest BCUT2D eigenvalue weighted by Crippen LogP contribution is -2.37. The second-order valence-electron chi connectivity index (χ2n) is 6.67. The maximum Gasteiger partial charge on any atom is 0.270 e. The Morgan fingerprint density at radius 2 is 1.90 bits per heavy atom. The zero-order valence-corrected chi connectivity index (χ0v) is 17.0. The van der Waals surface area contributed by atoms with Crippen molar-refractivity contribution < 1.29 is 9.53 Å². The molecule has 30 heavy (non-hydrogen) atoms. The molecule has 1 fully saturated rings. The summed E-state index contributed by atoms with van der Waals surface area (Å²) in [5.74, 6) is 0.976. The van der Waals surface area contributed by atoms with Gasteiger partial charge in [-0.1, -0.05) is 17.7 Å². The number of aromatic nitrogens is 3. The van der Waals surface area contributed by atoms with Crippen molar-refractivity contribution >= 4 is 35.0 Å². The predicted octanol–water partition coefficient (Wildman–Crippen LogP) is 3.04. The highest BCUT2D eigenvalue weighted by atomic mass is 35.5. The summed E-state index contributed by atoms with van der Waals surface area (Å²) in [4.78, 5) is 27.8. The highest BCUT2D eigenvalue weighted by Crippen LogP contribution is 2.21. The van der Waals surface area contributed by atoms with Crippen LogP contribution >= 0.6 is 11.6 Å². The fraction of sp³-hybridized carbons (Fsp3) is 0.238. The minimum absolute atomic E-state index is 0.255. The number of nitrogens with one attached hydrogen (secondary N) is 2. The van der Waals surface area contributed by atoms with Crippen molar-refractivity contribution in [3.63, 3.8) is 0 Å². The van der Waals surface area contributed by atoms with Gasteiger partial charge in [0.1, 0.15) is 11.5 Å². The summed E-state index contributed by atoms with van der Waals surface area (Å²) in [5.41, 5.74) is 1.90. The van der Waals surface area contributed by atoms with Crippen LogP contribution in [-0.4, -0.2) is 47.2 Å². The minimum Gasteiger partial charge on any atom is -0.378 e. The molecule has 3 heterocycles. The second kappa shape index (κ2) is 9.51. The van der Waals surface area contributed by atoms with E-state index < -0.39 is 0 Å². The molecule has 2 N–H and O–H groups in total. The molecular weight excluding hydrogens is 404 g/mol. The highest BCUT2D eigenvalue weighted by Gasteiger charge is 2.16. The van der Waals surface area contributed by atoms with Crippen molar-refractivity contribution in [1.82, 2.24) is 20.3 Å². The second-order valence-corrected chi connectivity index (χ2v) is 7.11. The summed E-state index contributed by atoms with van der Waals surface area (Å²) < 4.78 is 5.43. The maximum absolute atomic E-state index is 12.3. The fourth-order valence-electron chi connectivity index (χ4n) is 2.98. The smallest absolute Gasteiger partial charge is 0.270 e. The molecule has 9 heteroatoms. The van der Waals surface area contributed by atoms with Crippen molar-refractivity contribution in [2.45, 2.75) is 6.54 Å². The molecule has 8 nitrogen and oxygen atoms in total. The summed E-state index contributed by atoms with van der Waals surface area (Å²) in [6.07, 6.45) is 1.59. The summed E-state index contributed by atoms with van der Waals surface area (Å²) in [7, 11) is 0. The molecule has 4 rings (SSSR count). The van der Waals surface area contributed by atoms with E-state index in [4.69, 9.17) is 16.3 Å². The van der Waals surface area contributed by atoms with Gasteiger partial charge >= 0.3 is 0 Å². The Kier molecular flexibility index (Phi) is 6.36. The zero-order valence-electron chi connectivity index (χ0n) is 16.2. The number of carbonyl (C=O) groups excluding carboxylic acids is 1. The van der Waals surface area contributed by atoms with Crippen LogP contribution in [0.5, 0.6) is 0 Å². The molecule has 0 aliphatic carbocycles. The van der Waals surface area contributed by atoms with Gasteiger partial charge in [-0.3, -0.25) is 9.78 Å². The Labute approximate surface area is 179 Å². The number of rotatable bonds is 6. The molecule has 3 aromatic rings. The number of amides is 1. The van der Waals surface area contributed by atoms with Crippen molar-refractivity contribution in [2.24, 2.45) is 0 Å². The van der Waals surface area contributed by atoms with Crippen molar-refractivity contribution in [3.8, 4) is 0 Å². The molecule has 1 aromatic carbocycles. The molecule has 1 amide bonds. The normalized spacial score (nSPS) is 13.7. The van der Waals surface area contributed by atoms with Crippen LogP contribution in [0.4, 0.5) is 17.5 Å². The van der Waals surface area contributed by atoms with E-state index >= 15 is 0 Å². The first-order valence-corrected chi connectivity index (χ1v) is 9.98. The number of anilines is 3. The number of hydrogen-bond acceptors (Lipinski definition) is 7. The van der Waals surface area contributed by atoms with E-state index in [1.807, 2.05) is 30.3 Å². The maximum atomic E-state index is 12.3. The molecule has 0 unspecified atom stereocenters. The van der Waals surface area contributed by atoms with E-state index in [-0.39, 0.29) is 12.5 Å². The lowest BCUT2D eigenvalue weighted by Gasteiger charge is -2.27. The topological polar surface area (TPSA) is 92.3 Å². The van der Waals surface area contributed by atoms with Gasteiger partial charge in [0.15, 0.2) is 0 Å². The van der Waals surface area contributed by atoms with Crippen LogP contribution < -0.4 is 15.5 Å². The SMILES string of the molecule is O=C(NCc1cc(Nc2ccc(Cl)cc2)nc(N2CCOCC2)n1)c1ccccn1. The average molecular weight is 425 g/mol. The van der Waals surface area contributed by atoms with Gasteiger partial charge in [0.2, 0.25) is 5.95 Å². The molecule has 0 atom stereocenters. The van der Waals surface area contributed by atoms with Gasteiger partial charge in [-0.15, -0.1) is 0 Å². The van der Waals surface area contributed by atoms with Gasteiger partial charge in [-0.05, 0) is 36.4 Å². The van der Waals surface area contributed by atoms with Gasteiger partial charge in [0.25, 0.3) is 5.91 Å². The zero-order chi connectivity index (χ0) is 20.8. The number of halogens is 1. The Morgan fingerprint density at radius 3 is 2.63 bits per heavy atom. The molecule has 1 aliphatic rings. The van der Waals surface area contributed by atoms with Crippen molar-refractivity contribution in [2.75, 3.05) is 36.5 Å². The fourth-order valence-corrected chi connectivity index (χ4v) is 3.11. The van der Waals surface area contributed by atoms with E-state index in [0.717, 1.165) is 5.69 Å². The van der Waals surface area contributed by atoms with Crippen LogP contribution in [0, 0.1) is 0 Å². The van der Waals surface area contributed by atoms with Crippen molar-refractivity contribution in [3.05, 3.63) is 71.1 Å². The molecule has 2 aromatic heterocycles. The summed E-state index contributed by atoms with van der Waals surface area (Å²) in [5, 5.41) is 6.80. The Morgan fingerprint density at radius 1 is 1.10 bits per heavy atom. The highest BCUT2D eigenvalue weighted by molar-refractivity contribution is 6.30. The molecule has 1 aliphatic heterocycles. The first kappa shape index (κ1) is 20.1. The Hall–Kier alpha value is -3.23. The molecule has 0 spiro atoms. The molecule has 0 saturated carbocycles. The largest absolute Gasteiger partial charge is 0.378 e. The predicted molar refractivity (Wildman–Crippen MR) is 115 cm³/mol. The van der Waals surface area contributed by atoms with Crippen LogP contribution in [-0.2, 0) is 11.3 Å². The van der Waals surface area contributed by atoms with Gasteiger partial charge < -0.3 is 20.3 Å². The minimum atomic E-state index is -0.255. The van der Waals surface area contributed by atoms with Crippen LogP contribution in [0.15, 0.2) is 54.7 Å². The van der Waals surface area contributed by atoms with Crippen LogP contribution in [0.25, 0.3) is 0 Å². The summed E-state index contributed by atoms with van der Waals surface area (Å²) >= 11 is 5.97. The van der Waals surface area contributed by atoms with Crippen molar-refractivity contribution in [1.29, 1.82) is 0 Å². The number of ether oxygens (including phenoxy) is 1. The Bertz CT molecular complexity index is 994. The third-order valence-electron chi connectivity index (χ3n) is 4.51. The third-order valence-corrected chi connectivity index (χ3v) is 4.76. The molecule has 1 saturated heterocycles. The average Bonchev–Trinajstić information content (AvgIpc) is 2.80.